The van der Waals surface area contributed by atoms with Crippen molar-refractivity contribution < 1.29 is 14.7 Å². The molecule has 3 N–H and O–H groups in total. The number of hydrogen-bond acceptors (Lipinski definition) is 3. The van der Waals surface area contributed by atoms with E-state index in [4.69, 9.17) is 11.6 Å². The van der Waals surface area contributed by atoms with Crippen molar-refractivity contribution in [2.24, 2.45) is 0 Å². The van der Waals surface area contributed by atoms with Crippen LogP contribution in [-0.2, 0) is 0 Å². The van der Waals surface area contributed by atoms with Gasteiger partial charge in [-0.1, -0.05) is 24.6 Å². The highest BCUT2D eigenvalue weighted by molar-refractivity contribution is 6.32. The lowest BCUT2D eigenvalue weighted by molar-refractivity contribution is 0.0953. The van der Waals surface area contributed by atoms with Gasteiger partial charge in [0, 0.05) is 23.4 Å². The zero-order valence-electron chi connectivity index (χ0n) is 12.6. The molecule has 2 amide bonds. The Balaban J connectivity index is 2.13. The number of hydrogen-bond donors (Lipinski definition) is 3. The summed E-state index contributed by atoms with van der Waals surface area (Å²) < 4.78 is 0. The van der Waals surface area contributed by atoms with Crippen molar-refractivity contribution in [2.45, 2.75) is 13.3 Å². The molecular weight excluding hydrogens is 316 g/mol. The first kappa shape index (κ1) is 16.8. The van der Waals surface area contributed by atoms with Crippen LogP contribution in [0, 0.1) is 0 Å². The minimum absolute atomic E-state index is 0.0562. The average molecular weight is 333 g/mol. The molecule has 0 aromatic heterocycles. The Bertz CT molecular complexity index is 732. The predicted molar refractivity (Wildman–Crippen MR) is 90.1 cm³/mol. The van der Waals surface area contributed by atoms with Gasteiger partial charge in [-0.05, 0) is 42.8 Å². The Hall–Kier alpha value is -2.53. The van der Waals surface area contributed by atoms with Gasteiger partial charge in [0.05, 0.1) is 5.02 Å². The molecule has 0 fully saturated rings. The molecule has 0 heterocycles. The first-order chi connectivity index (χ1) is 11.0. The second-order valence-corrected chi connectivity index (χ2v) is 5.36. The number of nitrogens with one attached hydrogen (secondary N) is 2. The van der Waals surface area contributed by atoms with E-state index in [1.807, 2.05) is 6.92 Å². The van der Waals surface area contributed by atoms with Gasteiger partial charge in [-0.15, -0.1) is 0 Å². The summed E-state index contributed by atoms with van der Waals surface area (Å²) in [6, 6.07) is 10.8. The van der Waals surface area contributed by atoms with Gasteiger partial charge >= 0.3 is 0 Å². The van der Waals surface area contributed by atoms with E-state index < -0.39 is 0 Å². The van der Waals surface area contributed by atoms with Gasteiger partial charge in [-0.25, -0.2) is 0 Å². The third-order valence-electron chi connectivity index (χ3n) is 3.13. The van der Waals surface area contributed by atoms with Crippen LogP contribution in [0.15, 0.2) is 42.5 Å². The number of phenols is 1. The van der Waals surface area contributed by atoms with Gasteiger partial charge in [0.2, 0.25) is 0 Å². The molecule has 0 spiro atoms. The maximum Gasteiger partial charge on any atom is 0.255 e. The van der Waals surface area contributed by atoms with Crippen LogP contribution in [0.3, 0.4) is 0 Å². The number of carbonyl (C=O) groups is 2. The Kier molecular flexibility index (Phi) is 5.60. The normalized spacial score (nSPS) is 10.2. The Morgan fingerprint density at radius 3 is 2.43 bits per heavy atom. The lowest BCUT2D eigenvalue weighted by Gasteiger charge is -2.08. The lowest BCUT2D eigenvalue weighted by Crippen LogP contribution is -2.24. The predicted octanol–water partition coefficient (Wildman–Crippen LogP) is 3.44. The van der Waals surface area contributed by atoms with Gasteiger partial charge in [0.25, 0.3) is 11.8 Å². The van der Waals surface area contributed by atoms with E-state index in [9.17, 15) is 14.7 Å². The van der Waals surface area contributed by atoms with Crippen molar-refractivity contribution in [2.75, 3.05) is 11.9 Å². The summed E-state index contributed by atoms with van der Waals surface area (Å²) in [6.45, 7) is 2.55. The quantitative estimate of drug-likeness (QED) is 0.734. The molecule has 120 valence electrons. The zero-order valence-corrected chi connectivity index (χ0v) is 13.4. The molecule has 6 heteroatoms. The molecule has 0 aliphatic carbocycles. The standard InChI is InChI=1S/C17H17ClN2O3/c1-2-8-19-16(22)11-4-3-5-12(9-11)17(23)20-13-6-7-15(21)14(18)10-13/h3-7,9-10,21H,2,8H2,1H3,(H,19,22)(H,20,23). The highest BCUT2D eigenvalue weighted by Crippen LogP contribution is 2.26. The molecule has 5 nitrogen and oxygen atoms in total. The number of carbonyl (C=O) groups excluding carboxylic acids is 2. The number of aromatic hydroxyl groups is 1. The smallest absolute Gasteiger partial charge is 0.255 e. The summed E-state index contributed by atoms with van der Waals surface area (Å²) in [4.78, 5) is 24.2. The van der Waals surface area contributed by atoms with Gasteiger partial charge in [0.15, 0.2) is 0 Å². The van der Waals surface area contributed by atoms with E-state index in [0.29, 0.717) is 23.4 Å². The van der Waals surface area contributed by atoms with Crippen LogP contribution in [0.2, 0.25) is 5.02 Å². The Labute approximate surface area is 139 Å². The summed E-state index contributed by atoms with van der Waals surface area (Å²) >= 11 is 5.80. The zero-order chi connectivity index (χ0) is 16.8. The molecule has 0 atom stereocenters. The van der Waals surface area contributed by atoms with E-state index in [-0.39, 0.29) is 22.6 Å². The van der Waals surface area contributed by atoms with Crippen molar-refractivity contribution in [1.82, 2.24) is 5.32 Å². The summed E-state index contributed by atoms with van der Waals surface area (Å²) in [5.41, 5.74) is 1.24. The van der Waals surface area contributed by atoms with Crippen LogP contribution in [0.5, 0.6) is 5.75 Å². The van der Waals surface area contributed by atoms with Crippen LogP contribution in [0.1, 0.15) is 34.1 Å². The minimum atomic E-state index is -0.364. The fourth-order valence-corrected chi connectivity index (χ4v) is 2.11. The van der Waals surface area contributed by atoms with E-state index in [2.05, 4.69) is 10.6 Å². The van der Waals surface area contributed by atoms with Crippen LogP contribution in [0.4, 0.5) is 5.69 Å². The second kappa shape index (κ2) is 7.65. The molecule has 2 rings (SSSR count). The van der Waals surface area contributed by atoms with Gasteiger partial charge in [0.1, 0.15) is 5.75 Å². The first-order valence-electron chi connectivity index (χ1n) is 7.19. The summed E-state index contributed by atoms with van der Waals surface area (Å²) in [5, 5.41) is 15.0. The van der Waals surface area contributed by atoms with Crippen LogP contribution >= 0.6 is 11.6 Å². The van der Waals surface area contributed by atoms with Crippen LogP contribution < -0.4 is 10.6 Å². The molecule has 0 saturated carbocycles. The molecule has 23 heavy (non-hydrogen) atoms. The fraction of sp³-hybridized carbons (Fsp3) is 0.176. The maximum atomic E-state index is 12.3. The lowest BCUT2D eigenvalue weighted by atomic mass is 10.1. The maximum absolute atomic E-state index is 12.3. The fourth-order valence-electron chi connectivity index (χ4n) is 1.93. The van der Waals surface area contributed by atoms with Crippen LogP contribution in [-0.4, -0.2) is 23.5 Å². The molecule has 0 aliphatic heterocycles. The number of rotatable bonds is 5. The first-order valence-corrected chi connectivity index (χ1v) is 7.57. The largest absolute Gasteiger partial charge is 0.506 e. The van der Waals surface area contributed by atoms with Crippen molar-refractivity contribution in [1.29, 1.82) is 0 Å². The Morgan fingerprint density at radius 1 is 1.09 bits per heavy atom. The SMILES string of the molecule is CCCNC(=O)c1cccc(C(=O)Nc2ccc(O)c(Cl)c2)c1. The number of benzene rings is 2. The molecule has 0 aliphatic rings. The van der Waals surface area contributed by atoms with Gasteiger partial charge < -0.3 is 15.7 Å². The highest BCUT2D eigenvalue weighted by atomic mass is 35.5. The molecule has 0 unspecified atom stereocenters. The summed E-state index contributed by atoms with van der Waals surface area (Å²) in [7, 11) is 0. The average Bonchev–Trinajstić information content (AvgIpc) is 2.56. The minimum Gasteiger partial charge on any atom is -0.506 e. The van der Waals surface area contributed by atoms with E-state index in [1.165, 1.54) is 24.3 Å². The highest BCUT2D eigenvalue weighted by Gasteiger charge is 2.11. The molecule has 2 aromatic rings. The van der Waals surface area contributed by atoms with E-state index in [0.717, 1.165) is 6.42 Å². The summed E-state index contributed by atoms with van der Waals surface area (Å²) in [5.74, 6) is -0.634. The molecule has 0 bridgehead atoms. The van der Waals surface area contributed by atoms with E-state index in [1.54, 1.807) is 18.2 Å². The van der Waals surface area contributed by atoms with Gasteiger partial charge in [-0.2, -0.15) is 0 Å². The van der Waals surface area contributed by atoms with Crippen molar-refractivity contribution in [3.05, 3.63) is 58.6 Å². The number of amides is 2. The third-order valence-corrected chi connectivity index (χ3v) is 3.43. The molecule has 0 radical (unpaired) electrons. The second-order valence-electron chi connectivity index (χ2n) is 4.96. The number of phenolic OH excluding ortho intramolecular Hbond substituents is 1. The van der Waals surface area contributed by atoms with Gasteiger partial charge in [-0.3, -0.25) is 9.59 Å². The van der Waals surface area contributed by atoms with E-state index >= 15 is 0 Å². The number of halogens is 1. The third kappa shape index (κ3) is 4.47. The van der Waals surface area contributed by atoms with Crippen molar-refractivity contribution in [3.8, 4) is 5.75 Å². The monoisotopic (exact) mass is 332 g/mol. The van der Waals surface area contributed by atoms with Crippen molar-refractivity contribution >= 4 is 29.1 Å². The number of anilines is 1. The Morgan fingerprint density at radius 2 is 1.78 bits per heavy atom. The molecule has 0 saturated heterocycles. The summed E-state index contributed by atoms with van der Waals surface area (Å²) in [6.07, 6.45) is 0.841. The molecule has 2 aromatic carbocycles. The van der Waals surface area contributed by atoms with Crippen molar-refractivity contribution in [3.63, 3.8) is 0 Å². The van der Waals surface area contributed by atoms with Crippen LogP contribution in [0.25, 0.3) is 0 Å². The molecular formula is C17H17ClN2O3. The topological polar surface area (TPSA) is 78.4 Å².